The maximum Gasteiger partial charge on any atom is 0.0698 e. The van der Waals surface area contributed by atoms with Crippen molar-refractivity contribution >= 4 is 11.3 Å². The van der Waals surface area contributed by atoms with Crippen LogP contribution in [-0.2, 0) is 11.3 Å². The Labute approximate surface area is 95.1 Å². The number of ether oxygens (including phenoxy) is 1. The van der Waals surface area contributed by atoms with Crippen LogP contribution in [0.1, 0.15) is 15.3 Å². The first kappa shape index (κ1) is 12.6. The van der Waals surface area contributed by atoms with Crippen molar-refractivity contribution in [3.05, 3.63) is 21.4 Å². The Balaban J connectivity index is 2.12. The Morgan fingerprint density at radius 3 is 2.80 bits per heavy atom. The maximum absolute atomic E-state index is 8.50. The summed E-state index contributed by atoms with van der Waals surface area (Å²) in [5.41, 5.74) is 1.37. The molecule has 0 aromatic carbocycles. The average Bonchev–Trinajstić information content (AvgIpc) is 2.51. The third-order valence-electron chi connectivity index (χ3n) is 2.12. The molecule has 15 heavy (non-hydrogen) atoms. The molecule has 0 aliphatic heterocycles. The number of nitrogens with one attached hydrogen (secondary N) is 1. The predicted octanol–water partition coefficient (Wildman–Crippen LogP) is 1.46. The topological polar surface area (TPSA) is 41.5 Å². The van der Waals surface area contributed by atoms with Gasteiger partial charge in [0.1, 0.15) is 0 Å². The van der Waals surface area contributed by atoms with Crippen LogP contribution < -0.4 is 5.32 Å². The number of aliphatic hydroxyl groups excluding tert-OH is 1. The van der Waals surface area contributed by atoms with E-state index >= 15 is 0 Å². The summed E-state index contributed by atoms with van der Waals surface area (Å²) < 4.78 is 5.15. The van der Waals surface area contributed by atoms with Crippen LogP contribution in [0, 0.1) is 13.8 Å². The summed E-state index contributed by atoms with van der Waals surface area (Å²) in [5, 5.41) is 11.8. The van der Waals surface area contributed by atoms with E-state index in [2.05, 4.69) is 25.2 Å². The molecule has 1 heterocycles. The summed E-state index contributed by atoms with van der Waals surface area (Å²) in [7, 11) is 0. The highest BCUT2D eigenvalue weighted by Gasteiger charge is 2.01. The Morgan fingerprint density at radius 1 is 1.40 bits per heavy atom. The molecule has 0 aliphatic rings. The molecular formula is C11H19NO2S. The zero-order valence-corrected chi connectivity index (χ0v) is 10.2. The second kappa shape index (κ2) is 6.95. The van der Waals surface area contributed by atoms with E-state index in [1.165, 1.54) is 15.3 Å². The van der Waals surface area contributed by atoms with Crippen molar-refractivity contribution in [2.24, 2.45) is 0 Å². The molecule has 0 amide bonds. The van der Waals surface area contributed by atoms with E-state index in [0.29, 0.717) is 13.2 Å². The molecule has 4 heteroatoms. The molecule has 3 nitrogen and oxygen atoms in total. The van der Waals surface area contributed by atoms with Gasteiger partial charge in [0.25, 0.3) is 0 Å². The van der Waals surface area contributed by atoms with Gasteiger partial charge >= 0.3 is 0 Å². The van der Waals surface area contributed by atoms with Crippen LogP contribution in [0.4, 0.5) is 0 Å². The van der Waals surface area contributed by atoms with Crippen LogP contribution in [-0.4, -0.2) is 31.5 Å². The SMILES string of the molecule is Cc1cc(CNCCOCCO)c(C)s1. The van der Waals surface area contributed by atoms with Gasteiger partial charge < -0.3 is 15.2 Å². The molecule has 1 rings (SSSR count). The Kier molecular flexibility index (Phi) is 5.86. The van der Waals surface area contributed by atoms with E-state index in [0.717, 1.165) is 13.1 Å². The van der Waals surface area contributed by atoms with Gasteiger partial charge in [0, 0.05) is 22.8 Å². The number of hydrogen-bond acceptors (Lipinski definition) is 4. The van der Waals surface area contributed by atoms with E-state index in [1.54, 1.807) is 0 Å². The molecule has 0 saturated carbocycles. The van der Waals surface area contributed by atoms with Gasteiger partial charge in [-0.2, -0.15) is 0 Å². The van der Waals surface area contributed by atoms with Crippen molar-refractivity contribution < 1.29 is 9.84 Å². The minimum atomic E-state index is 0.100. The summed E-state index contributed by atoms with van der Waals surface area (Å²) in [4.78, 5) is 2.75. The lowest BCUT2D eigenvalue weighted by atomic mass is 10.2. The number of hydrogen-bond donors (Lipinski definition) is 2. The van der Waals surface area contributed by atoms with Gasteiger partial charge in [-0.05, 0) is 25.5 Å². The lowest BCUT2D eigenvalue weighted by Crippen LogP contribution is -2.20. The van der Waals surface area contributed by atoms with E-state index in [9.17, 15) is 0 Å². The van der Waals surface area contributed by atoms with Crippen molar-refractivity contribution in [2.45, 2.75) is 20.4 Å². The van der Waals surface area contributed by atoms with Crippen molar-refractivity contribution in [3.63, 3.8) is 0 Å². The molecule has 0 atom stereocenters. The zero-order chi connectivity index (χ0) is 11.1. The van der Waals surface area contributed by atoms with Gasteiger partial charge in [0.2, 0.25) is 0 Å². The van der Waals surface area contributed by atoms with Crippen LogP contribution in [0.5, 0.6) is 0 Å². The first-order chi connectivity index (χ1) is 7.24. The fourth-order valence-corrected chi connectivity index (χ4v) is 2.34. The second-order valence-electron chi connectivity index (χ2n) is 3.45. The van der Waals surface area contributed by atoms with Gasteiger partial charge in [-0.25, -0.2) is 0 Å². The molecule has 0 spiro atoms. The summed E-state index contributed by atoms with van der Waals surface area (Å²) in [5.74, 6) is 0. The lowest BCUT2D eigenvalue weighted by molar-refractivity contribution is 0.0938. The van der Waals surface area contributed by atoms with Crippen molar-refractivity contribution in [2.75, 3.05) is 26.4 Å². The van der Waals surface area contributed by atoms with Gasteiger partial charge in [-0.1, -0.05) is 0 Å². The third-order valence-corrected chi connectivity index (χ3v) is 3.13. The molecular weight excluding hydrogens is 210 g/mol. The largest absolute Gasteiger partial charge is 0.394 e. The van der Waals surface area contributed by atoms with Crippen molar-refractivity contribution in [1.82, 2.24) is 5.32 Å². The number of rotatable bonds is 7. The third kappa shape index (κ3) is 4.75. The van der Waals surface area contributed by atoms with E-state index < -0.39 is 0 Å². The summed E-state index contributed by atoms with van der Waals surface area (Å²) in [6.45, 7) is 7.19. The highest BCUT2D eigenvalue weighted by molar-refractivity contribution is 7.12. The minimum absolute atomic E-state index is 0.100. The summed E-state index contributed by atoms with van der Waals surface area (Å²) in [6.07, 6.45) is 0. The van der Waals surface area contributed by atoms with Gasteiger partial charge in [0.05, 0.1) is 19.8 Å². The van der Waals surface area contributed by atoms with Gasteiger partial charge in [0.15, 0.2) is 0 Å². The fourth-order valence-electron chi connectivity index (χ4n) is 1.39. The van der Waals surface area contributed by atoms with Crippen LogP contribution in [0.15, 0.2) is 6.07 Å². The lowest BCUT2D eigenvalue weighted by Gasteiger charge is -2.04. The maximum atomic E-state index is 8.50. The highest BCUT2D eigenvalue weighted by atomic mass is 32.1. The normalized spacial score (nSPS) is 10.9. The molecule has 1 aromatic heterocycles. The fraction of sp³-hybridized carbons (Fsp3) is 0.636. The number of aliphatic hydroxyl groups is 1. The standard InChI is InChI=1S/C11H19NO2S/c1-9-7-11(10(2)15-9)8-12-3-5-14-6-4-13/h7,12-13H,3-6,8H2,1-2H3. The molecule has 0 unspecified atom stereocenters. The van der Waals surface area contributed by atoms with E-state index in [-0.39, 0.29) is 6.61 Å². The van der Waals surface area contributed by atoms with Crippen LogP contribution in [0.25, 0.3) is 0 Å². The molecule has 1 aromatic rings. The number of thiophene rings is 1. The van der Waals surface area contributed by atoms with Crippen LogP contribution in [0.2, 0.25) is 0 Å². The minimum Gasteiger partial charge on any atom is -0.394 e. The summed E-state index contributed by atoms with van der Waals surface area (Å²) >= 11 is 1.84. The highest BCUT2D eigenvalue weighted by Crippen LogP contribution is 2.19. The molecule has 0 aliphatic carbocycles. The molecule has 2 N–H and O–H groups in total. The Morgan fingerprint density at radius 2 is 2.20 bits per heavy atom. The Bertz CT molecular complexity index is 286. The zero-order valence-electron chi connectivity index (χ0n) is 9.38. The monoisotopic (exact) mass is 229 g/mol. The first-order valence-corrected chi connectivity index (χ1v) is 6.01. The smallest absolute Gasteiger partial charge is 0.0698 e. The number of aryl methyl sites for hydroxylation is 2. The van der Waals surface area contributed by atoms with Gasteiger partial charge in [-0.15, -0.1) is 11.3 Å². The van der Waals surface area contributed by atoms with Crippen LogP contribution >= 0.6 is 11.3 Å². The first-order valence-electron chi connectivity index (χ1n) is 5.19. The molecule has 86 valence electrons. The molecule has 0 saturated heterocycles. The average molecular weight is 229 g/mol. The quantitative estimate of drug-likeness (QED) is 0.696. The Hall–Kier alpha value is -0.420. The van der Waals surface area contributed by atoms with E-state index in [1.807, 2.05) is 11.3 Å². The summed E-state index contributed by atoms with van der Waals surface area (Å²) in [6, 6.07) is 2.22. The van der Waals surface area contributed by atoms with E-state index in [4.69, 9.17) is 9.84 Å². The van der Waals surface area contributed by atoms with Gasteiger partial charge in [-0.3, -0.25) is 0 Å². The van der Waals surface area contributed by atoms with Crippen LogP contribution in [0.3, 0.4) is 0 Å². The molecule has 0 radical (unpaired) electrons. The second-order valence-corrected chi connectivity index (χ2v) is 4.91. The molecule has 0 fully saturated rings. The predicted molar refractivity (Wildman–Crippen MR) is 63.4 cm³/mol. The van der Waals surface area contributed by atoms with Crippen molar-refractivity contribution in [1.29, 1.82) is 0 Å². The van der Waals surface area contributed by atoms with Crippen molar-refractivity contribution in [3.8, 4) is 0 Å². The molecule has 0 bridgehead atoms.